The Morgan fingerprint density at radius 2 is 1.83 bits per heavy atom. The average molecular weight is 490 g/mol. The van der Waals surface area contributed by atoms with Crippen LogP contribution < -0.4 is 15.1 Å². The first-order valence-electron chi connectivity index (χ1n) is 12.0. The van der Waals surface area contributed by atoms with E-state index in [0.717, 1.165) is 29.7 Å². The number of ether oxygens (including phenoxy) is 1. The zero-order valence-electron chi connectivity index (χ0n) is 20.7. The quantitative estimate of drug-likeness (QED) is 0.298. The molecule has 1 atom stereocenters. The number of fused-ring (bicyclic) bond motifs is 1. The van der Waals surface area contributed by atoms with E-state index in [4.69, 9.17) is 16.3 Å². The molecular formula is C29H32ClN3O2. The fourth-order valence-corrected chi connectivity index (χ4v) is 5.15. The van der Waals surface area contributed by atoms with Crippen molar-refractivity contribution in [3.8, 4) is 16.9 Å². The van der Waals surface area contributed by atoms with Crippen molar-refractivity contribution in [3.05, 3.63) is 82.9 Å². The van der Waals surface area contributed by atoms with Gasteiger partial charge in [0.15, 0.2) is 6.61 Å². The van der Waals surface area contributed by atoms with Gasteiger partial charge in [-0.15, -0.1) is 0 Å². The molecule has 0 spiro atoms. The fourth-order valence-electron chi connectivity index (χ4n) is 4.95. The number of rotatable bonds is 7. The number of benzene rings is 3. The number of nitrogens with zero attached hydrogens (tertiary/aromatic N) is 2. The molecule has 0 bridgehead atoms. The van der Waals surface area contributed by atoms with Gasteiger partial charge in [0.2, 0.25) is 0 Å². The smallest absolute Gasteiger partial charge is 0.277 e. The Morgan fingerprint density at radius 3 is 2.51 bits per heavy atom. The molecule has 35 heavy (non-hydrogen) atoms. The second kappa shape index (κ2) is 10.5. The Balaban J connectivity index is 1.35. The lowest BCUT2D eigenvalue weighted by Crippen LogP contribution is -2.48. The minimum absolute atomic E-state index is 0.0793. The van der Waals surface area contributed by atoms with Crippen molar-refractivity contribution in [2.45, 2.75) is 45.6 Å². The van der Waals surface area contributed by atoms with Gasteiger partial charge in [-0.1, -0.05) is 61.0 Å². The van der Waals surface area contributed by atoms with Crippen LogP contribution in [0.5, 0.6) is 5.75 Å². The summed E-state index contributed by atoms with van der Waals surface area (Å²) in [6, 6.07) is 21.9. The first kappa shape index (κ1) is 24.8. The highest BCUT2D eigenvalue weighted by molar-refractivity contribution is 6.33. The highest BCUT2D eigenvalue weighted by Crippen LogP contribution is 2.44. The summed E-state index contributed by atoms with van der Waals surface area (Å²) >= 11 is 6.58. The SMILES string of the molecule is CCN1c2cc(Cl)c(/C=N/NC(=O)COc3ccc(-c4ccccc4)cc3)cc2C(C)CC1(C)C. The number of carbonyl (C=O) groups is 1. The minimum atomic E-state index is -0.338. The summed E-state index contributed by atoms with van der Waals surface area (Å²) < 4.78 is 5.60. The van der Waals surface area contributed by atoms with Gasteiger partial charge in [0.25, 0.3) is 5.91 Å². The van der Waals surface area contributed by atoms with Crippen LogP contribution in [0.3, 0.4) is 0 Å². The normalized spacial score (nSPS) is 16.7. The van der Waals surface area contributed by atoms with Crippen molar-refractivity contribution < 1.29 is 9.53 Å². The van der Waals surface area contributed by atoms with E-state index in [-0.39, 0.29) is 18.1 Å². The van der Waals surface area contributed by atoms with Gasteiger partial charge < -0.3 is 9.64 Å². The third-order valence-electron chi connectivity index (χ3n) is 6.54. The monoisotopic (exact) mass is 489 g/mol. The van der Waals surface area contributed by atoms with E-state index in [1.807, 2.05) is 48.5 Å². The number of hydrogen-bond acceptors (Lipinski definition) is 4. The number of hydrazone groups is 1. The Kier molecular flexibility index (Phi) is 7.46. The molecule has 3 aromatic carbocycles. The molecule has 1 N–H and O–H groups in total. The lowest BCUT2D eigenvalue weighted by atomic mass is 9.79. The maximum atomic E-state index is 12.2. The van der Waals surface area contributed by atoms with Crippen LogP contribution in [0.2, 0.25) is 5.02 Å². The van der Waals surface area contributed by atoms with Gasteiger partial charge in [-0.25, -0.2) is 5.43 Å². The van der Waals surface area contributed by atoms with E-state index in [2.05, 4.69) is 61.3 Å². The van der Waals surface area contributed by atoms with E-state index in [0.29, 0.717) is 16.7 Å². The lowest BCUT2D eigenvalue weighted by molar-refractivity contribution is -0.123. The van der Waals surface area contributed by atoms with Crippen LogP contribution >= 0.6 is 11.6 Å². The minimum Gasteiger partial charge on any atom is -0.484 e. The number of halogens is 1. The zero-order chi connectivity index (χ0) is 25.0. The number of nitrogens with one attached hydrogen (secondary N) is 1. The molecule has 1 aliphatic rings. The van der Waals surface area contributed by atoms with Crippen molar-refractivity contribution in [3.63, 3.8) is 0 Å². The molecule has 1 heterocycles. The van der Waals surface area contributed by atoms with Gasteiger partial charge in [-0.2, -0.15) is 5.10 Å². The van der Waals surface area contributed by atoms with Crippen LogP contribution in [0.15, 0.2) is 71.8 Å². The number of anilines is 1. The van der Waals surface area contributed by atoms with Crippen LogP contribution in [0.25, 0.3) is 11.1 Å². The maximum absolute atomic E-state index is 12.2. The molecule has 0 saturated carbocycles. The molecule has 0 aromatic heterocycles. The predicted octanol–water partition coefficient (Wildman–Crippen LogP) is 6.65. The zero-order valence-corrected chi connectivity index (χ0v) is 21.5. The summed E-state index contributed by atoms with van der Waals surface area (Å²) in [6.45, 7) is 9.75. The van der Waals surface area contributed by atoms with Crippen molar-refractivity contribution in [2.24, 2.45) is 5.10 Å². The van der Waals surface area contributed by atoms with Crippen LogP contribution in [0.4, 0.5) is 5.69 Å². The van der Waals surface area contributed by atoms with Crippen molar-refractivity contribution in [1.82, 2.24) is 5.43 Å². The van der Waals surface area contributed by atoms with Gasteiger partial charge >= 0.3 is 0 Å². The third-order valence-corrected chi connectivity index (χ3v) is 6.87. The van der Waals surface area contributed by atoms with E-state index in [1.165, 1.54) is 11.3 Å². The molecule has 1 amide bonds. The van der Waals surface area contributed by atoms with E-state index >= 15 is 0 Å². The highest BCUT2D eigenvalue weighted by atomic mass is 35.5. The van der Waals surface area contributed by atoms with Gasteiger partial charge in [-0.05, 0) is 74.1 Å². The molecule has 5 nitrogen and oxygen atoms in total. The molecule has 0 fully saturated rings. The van der Waals surface area contributed by atoms with E-state index in [9.17, 15) is 4.79 Å². The van der Waals surface area contributed by atoms with Gasteiger partial charge in [-0.3, -0.25) is 4.79 Å². The molecule has 182 valence electrons. The van der Waals surface area contributed by atoms with Crippen molar-refractivity contribution in [2.75, 3.05) is 18.1 Å². The van der Waals surface area contributed by atoms with Crippen LogP contribution in [-0.4, -0.2) is 30.8 Å². The molecule has 4 rings (SSSR count). The molecule has 1 aliphatic heterocycles. The standard InChI is InChI=1S/C29H32ClN3O2/c1-5-33-27-16-26(30)23(15-25(27)20(2)17-29(33,3)4)18-31-32-28(34)19-35-24-13-11-22(12-14-24)21-9-7-6-8-10-21/h6-16,18,20H,5,17,19H2,1-4H3,(H,32,34)/b31-18+. The predicted molar refractivity (Wildman–Crippen MR) is 145 cm³/mol. The Labute approximate surface area is 212 Å². The second-order valence-corrected chi connectivity index (χ2v) is 9.97. The molecule has 3 aromatic rings. The Hall–Kier alpha value is -3.31. The van der Waals surface area contributed by atoms with Gasteiger partial charge in [0.1, 0.15) is 5.75 Å². The lowest BCUT2D eigenvalue weighted by Gasteiger charge is -2.47. The van der Waals surface area contributed by atoms with E-state index in [1.54, 1.807) is 6.21 Å². The second-order valence-electron chi connectivity index (χ2n) is 9.57. The summed E-state index contributed by atoms with van der Waals surface area (Å²) in [4.78, 5) is 14.6. The maximum Gasteiger partial charge on any atom is 0.277 e. The summed E-state index contributed by atoms with van der Waals surface area (Å²) in [5.74, 6) is 0.692. The fraction of sp³-hybridized carbons (Fsp3) is 0.310. The first-order valence-corrected chi connectivity index (χ1v) is 12.4. The Bertz CT molecular complexity index is 1210. The summed E-state index contributed by atoms with van der Waals surface area (Å²) in [6.07, 6.45) is 2.66. The molecule has 0 aliphatic carbocycles. The van der Waals surface area contributed by atoms with Crippen LogP contribution in [0, 0.1) is 0 Å². The molecule has 1 unspecified atom stereocenters. The largest absolute Gasteiger partial charge is 0.484 e. The average Bonchev–Trinajstić information content (AvgIpc) is 2.84. The number of amides is 1. The molecule has 0 radical (unpaired) electrons. The van der Waals surface area contributed by atoms with Crippen molar-refractivity contribution >= 4 is 29.4 Å². The van der Waals surface area contributed by atoms with Crippen LogP contribution in [-0.2, 0) is 4.79 Å². The number of hydrogen-bond donors (Lipinski definition) is 1. The van der Waals surface area contributed by atoms with Gasteiger partial charge in [0.05, 0.1) is 11.2 Å². The molecule has 6 heteroatoms. The highest BCUT2D eigenvalue weighted by Gasteiger charge is 2.35. The number of carbonyl (C=O) groups excluding carboxylic acids is 1. The molecular weight excluding hydrogens is 458 g/mol. The third kappa shape index (κ3) is 5.68. The first-order chi connectivity index (χ1) is 16.8. The van der Waals surface area contributed by atoms with Crippen molar-refractivity contribution in [1.29, 1.82) is 0 Å². The topological polar surface area (TPSA) is 53.9 Å². The summed E-state index contributed by atoms with van der Waals surface area (Å²) in [5.41, 5.74) is 8.04. The van der Waals surface area contributed by atoms with Gasteiger partial charge in [0, 0.05) is 23.3 Å². The Morgan fingerprint density at radius 1 is 1.14 bits per heavy atom. The summed E-state index contributed by atoms with van der Waals surface area (Å²) in [5, 5.41) is 4.72. The summed E-state index contributed by atoms with van der Waals surface area (Å²) in [7, 11) is 0. The van der Waals surface area contributed by atoms with Crippen LogP contribution in [0.1, 0.15) is 51.2 Å². The van der Waals surface area contributed by atoms with E-state index < -0.39 is 0 Å². The molecule has 0 saturated heterocycles.